The van der Waals surface area contributed by atoms with E-state index in [4.69, 9.17) is 5.73 Å². The fourth-order valence-electron chi connectivity index (χ4n) is 1.48. The van der Waals surface area contributed by atoms with Crippen LogP contribution in [0.3, 0.4) is 0 Å². The van der Waals surface area contributed by atoms with Crippen LogP contribution in [0.4, 0.5) is 39.0 Å². The van der Waals surface area contributed by atoms with Gasteiger partial charge in [0.2, 0.25) is 0 Å². The Bertz CT molecular complexity index is 619. The lowest BCUT2D eigenvalue weighted by molar-refractivity contribution is -0.141. The average Bonchev–Trinajstić information content (AvgIpc) is 2.34. The topological polar surface area (TPSA) is 50.9 Å². The Balaban J connectivity index is 2.43. The zero-order valence-electron chi connectivity index (χ0n) is 9.80. The molecule has 0 fully saturated rings. The van der Waals surface area contributed by atoms with E-state index in [2.05, 4.69) is 10.3 Å². The molecule has 0 saturated heterocycles. The number of aromatic nitrogens is 1. The predicted octanol–water partition coefficient (Wildman–Crippen LogP) is 3.70. The minimum Gasteiger partial charge on any atom is -0.396 e. The van der Waals surface area contributed by atoms with Crippen molar-refractivity contribution in [2.75, 3.05) is 11.1 Å². The number of nitrogens with two attached hydrogens (primary N) is 1. The molecule has 0 atom stereocenters. The first-order valence-corrected chi connectivity index (χ1v) is 5.33. The number of halogens is 5. The van der Waals surface area contributed by atoms with Gasteiger partial charge in [0.25, 0.3) is 0 Å². The summed E-state index contributed by atoms with van der Waals surface area (Å²) in [6.45, 7) is 0. The summed E-state index contributed by atoms with van der Waals surface area (Å²) in [5, 5.41) is 2.21. The minimum absolute atomic E-state index is 0.166. The van der Waals surface area contributed by atoms with Crippen LogP contribution in [0, 0.1) is 11.6 Å². The van der Waals surface area contributed by atoms with Crippen LogP contribution >= 0.6 is 0 Å². The summed E-state index contributed by atoms with van der Waals surface area (Å²) >= 11 is 0. The van der Waals surface area contributed by atoms with E-state index >= 15 is 0 Å². The zero-order valence-corrected chi connectivity index (χ0v) is 9.80. The van der Waals surface area contributed by atoms with Crippen molar-refractivity contribution in [3.05, 3.63) is 47.8 Å². The van der Waals surface area contributed by atoms with E-state index in [9.17, 15) is 22.0 Å². The number of benzene rings is 1. The largest absolute Gasteiger partial charge is 0.433 e. The van der Waals surface area contributed by atoms with E-state index in [1.165, 1.54) is 0 Å². The van der Waals surface area contributed by atoms with Crippen LogP contribution in [0.15, 0.2) is 30.5 Å². The highest BCUT2D eigenvalue weighted by Crippen LogP contribution is 2.33. The van der Waals surface area contributed by atoms with Crippen LogP contribution < -0.4 is 11.1 Å². The van der Waals surface area contributed by atoms with Crippen molar-refractivity contribution in [1.29, 1.82) is 0 Å². The van der Waals surface area contributed by atoms with Gasteiger partial charge < -0.3 is 11.1 Å². The highest BCUT2D eigenvalue weighted by Gasteiger charge is 2.33. The van der Waals surface area contributed by atoms with Gasteiger partial charge in [0, 0.05) is 0 Å². The number of hydrogen-bond donors (Lipinski definition) is 2. The zero-order chi connectivity index (χ0) is 14.9. The van der Waals surface area contributed by atoms with Gasteiger partial charge in [-0.2, -0.15) is 13.2 Å². The highest BCUT2D eigenvalue weighted by molar-refractivity contribution is 5.72. The summed E-state index contributed by atoms with van der Waals surface area (Å²) < 4.78 is 64.4. The Morgan fingerprint density at radius 3 is 2.25 bits per heavy atom. The van der Waals surface area contributed by atoms with Gasteiger partial charge in [-0.3, -0.25) is 0 Å². The Labute approximate surface area is 110 Å². The van der Waals surface area contributed by atoms with Gasteiger partial charge in [-0.25, -0.2) is 13.8 Å². The van der Waals surface area contributed by atoms with Crippen LogP contribution in [-0.4, -0.2) is 4.98 Å². The number of pyridine rings is 1. The van der Waals surface area contributed by atoms with Gasteiger partial charge in [-0.1, -0.05) is 6.07 Å². The second-order valence-corrected chi connectivity index (χ2v) is 3.88. The first-order valence-electron chi connectivity index (χ1n) is 5.33. The van der Waals surface area contributed by atoms with Gasteiger partial charge in [0.15, 0.2) is 0 Å². The van der Waals surface area contributed by atoms with E-state index in [1.54, 1.807) is 0 Å². The Morgan fingerprint density at radius 2 is 1.70 bits per heavy atom. The second kappa shape index (κ2) is 4.95. The van der Waals surface area contributed by atoms with Crippen LogP contribution in [0.2, 0.25) is 0 Å². The van der Waals surface area contributed by atoms with Crippen molar-refractivity contribution < 1.29 is 22.0 Å². The molecule has 8 heteroatoms. The third-order valence-electron chi connectivity index (χ3n) is 2.45. The van der Waals surface area contributed by atoms with Gasteiger partial charge >= 0.3 is 6.18 Å². The van der Waals surface area contributed by atoms with E-state index in [-0.39, 0.29) is 11.4 Å². The maximum absolute atomic E-state index is 13.4. The van der Waals surface area contributed by atoms with Crippen molar-refractivity contribution in [2.45, 2.75) is 6.18 Å². The molecule has 0 saturated carbocycles. The number of nitrogens with one attached hydrogen (secondary N) is 1. The van der Waals surface area contributed by atoms with E-state index in [0.29, 0.717) is 6.07 Å². The molecule has 0 bridgehead atoms. The first-order chi connectivity index (χ1) is 9.29. The van der Waals surface area contributed by atoms with Gasteiger partial charge in [0.1, 0.15) is 23.0 Å². The van der Waals surface area contributed by atoms with Crippen molar-refractivity contribution in [3.63, 3.8) is 0 Å². The summed E-state index contributed by atoms with van der Waals surface area (Å²) in [7, 11) is 0. The average molecular weight is 289 g/mol. The second-order valence-electron chi connectivity index (χ2n) is 3.88. The lowest BCUT2D eigenvalue weighted by Crippen LogP contribution is -2.10. The number of para-hydroxylation sites is 1. The molecule has 0 aliphatic rings. The normalized spacial score (nSPS) is 11.4. The first kappa shape index (κ1) is 14.0. The van der Waals surface area contributed by atoms with E-state index < -0.39 is 29.2 Å². The number of alkyl halides is 3. The summed E-state index contributed by atoms with van der Waals surface area (Å²) in [5.74, 6) is -1.90. The summed E-state index contributed by atoms with van der Waals surface area (Å²) in [4.78, 5) is 3.12. The standard InChI is InChI=1S/C12H8F5N3/c13-6-2-1-3-7(14)11(6)20-9-4-10(12(15,16)17)19-5-8(9)18/h1-5H,18H2,(H,19,20). The van der Waals surface area contributed by atoms with Crippen molar-refractivity contribution >= 4 is 17.1 Å². The quantitative estimate of drug-likeness (QED) is 0.829. The molecule has 0 spiro atoms. The maximum atomic E-state index is 13.4. The van der Waals surface area contributed by atoms with Crippen molar-refractivity contribution in [3.8, 4) is 0 Å². The van der Waals surface area contributed by atoms with Crippen molar-refractivity contribution in [2.24, 2.45) is 0 Å². The van der Waals surface area contributed by atoms with E-state index in [0.717, 1.165) is 24.4 Å². The fourth-order valence-corrected chi connectivity index (χ4v) is 1.48. The fraction of sp³-hybridized carbons (Fsp3) is 0.0833. The number of anilines is 3. The number of nitrogen functional groups attached to an aromatic ring is 1. The Kier molecular flexibility index (Phi) is 3.47. The third-order valence-corrected chi connectivity index (χ3v) is 2.45. The molecular formula is C12H8F5N3. The van der Waals surface area contributed by atoms with Crippen LogP contribution in [0.1, 0.15) is 5.69 Å². The highest BCUT2D eigenvalue weighted by atomic mass is 19.4. The summed E-state index contributed by atoms with van der Waals surface area (Å²) in [5.41, 5.74) is 3.19. The van der Waals surface area contributed by atoms with Crippen LogP contribution in [0.25, 0.3) is 0 Å². The molecular weight excluding hydrogens is 281 g/mol. The molecule has 1 aromatic heterocycles. The molecule has 3 N–H and O–H groups in total. The molecule has 106 valence electrons. The van der Waals surface area contributed by atoms with Crippen molar-refractivity contribution in [1.82, 2.24) is 4.98 Å². The molecule has 0 radical (unpaired) electrons. The Morgan fingerprint density at radius 1 is 1.10 bits per heavy atom. The molecule has 2 aromatic rings. The van der Waals surface area contributed by atoms with E-state index in [1.807, 2.05) is 0 Å². The third kappa shape index (κ3) is 2.79. The molecule has 0 aliphatic heterocycles. The molecule has 0 aliphatic carbocycles. The molecule has 1 aromatic carbocycles. The smallest absolute Gasteiger partial charge is 0.396 e. The predicted molar refractivity (Wildman–Crippen MR) is 63.3 cm³/mol. The number of nitrogens with zero attached hydrogens (tertiary/aromatic N) is 1. The molecule has 0 amide bonds. The molecule has 2 rings (SSSR count). The maximum Gasteiger partial charge on any atom is 0.433 e. The molecule has 3 nitrogen and oxygen atoms in total. The van der Waals surface area contributed by atoms with Crippen LogP contribution in [-0.2, 0) is 6.18 Å². The van der Waals surface area contributed by atoms with Gasteiger partial charge in [-0.05, 0) is 18.2 Å². The number of rotatable bonds is 2. The SMILES string of the molecule is Nc1cnc(C(F)(F)F)cc1Nc1c(F)cccc1F. The molecule has 20 heavy (non-hydrogen) atoms. The Hall–Kier alpha value is -2.38. The lowest BCUT2D eigenvalue weighted by Gasteiger charge is -2.13. The van der Waals surface area contributed by atoms with Gasteiger partial charge in [-0.15, -0.1) is 0 Å². The summed E-state index contributed by atoms with van der Waals surface area (Å²) in [6, 6.07) is 3.65. The lowest BCUT2D eigenvalue weighted by atomic mass is 10.2. The van der Waals surface area contributed by atoms with Crippen LogP contribution in [0.5, 0.6) is 0 Å². The number of hydrogen-bond acceptors (Lipinski definition) is 3. The monoisotopic (exact) mass is 289 g/mol. The molecule has 0 unspecified atom stereocenters. The minimum atomic E-state index is -4.68. The summed E-state index contributed by atoms with van der Waals surface area (Å²) in [6.07, 6.45) is -3.91. The van der Waals surface area contributed by atoms with Gasteiger partial charge in [0.05, 0.1) is 17.6 Å². The molecule has 1 heterocycles.